The van der Waals surface area contributed by atoms with Gasteiger partial charge in [-0.1, -0.05) is 0 Å². The molecule has 0 aromatic carbocycles. The molecule has 98 valence electrons. The summed E-state index contributed by atoms with van der Waals surface area (Å²) in [5.74, 6) is -0.289. The molecule has 2 rings (SSSR count). The Morgan fingerprint density at radius 3 is 2.94 bits per heavy atom. The third kappa shape index (κ3) is 3.66. The maximum atomic E-state index is 11.4. The molecular weight excluding hydrogens is 224 g/mol. The first-order valence-electron chi connectivity index (χ1n) is 6.35. The maximum Gasteiger partial charge on any atom is 0.335 e. The van der Waals surface area contributed by atoms with E-state index < -0.39 is 6.10 Å². The van der Waals surface area contributed by atoms with Gasteiger partial charge in [0.15, 0.2) is 12.4 Å². The van der Waals surface area contributed by atoms with Crippen LogP contribution in [0.15, 0.2) is 0 Å². The topological polar surface area (TPSA) is 54.0 Å². The lowest BCUT2D eigenvalue weighted by Gasteiger charge is -2.25. The van der Waals surface area contributed by atoms with Crippen molar-refractivity contribution in [3.63, 3.8) is 0 Å². The molecule has 0 aromatic rings. The lowest BCUT2D eigenvalue weighted by Crippen LogP contribution is -2.29. The second-order valence-electron chi connectivity index (χ2n) is 4.36. The van der Waals surface area contributed by atoms with E-state index in [1.165, 1.54) is 0 Å². The fourth-order valence-corrected chi connectivity index (χ4v) is 2.13. The number of carbonyl (C=O) groups is 1. The Kier molecular flexibility index (Phi) is 4.76. The van der Waals surface area contributed by atoms with E-state index in [1.54, 1.807) is 6.92 Å². The minimum atomic E-state index is -0.469. The third-order valence-corrected chi connectivity index (χ3v) is 2.99. The highest BCUT2D eigenvalue weighted by Gasteiger charge is 2.34. The van der Waals surface area contributed by atoms with Crippen LogP contribution in [0.4, 0.5) is 0 Å². The fourth-order valence-electron chi connectivity index (χ4n) is 2.13. The SMILES string of the molecule is CCOC(=O)C1CC(OC2CCCCO2)CO1. The van der Waals surface area contributed by atoms with E-state index in [0.29, 0.717) is 19.6 Å². The van der Waals surface area contributed by atoms with Gasteiger partial charge in [0.25, 0.3) is 0 Å². The van der Waals surface area contributed by atoms with E-state index in [2.05, 4.69) is 0 Å². The van der Waals surface area contributed by atoms with E-state index in [0.717, 1.165) is 25.9 Å². The molecule has 2 aliphatic heterocycles. The number of ether oxygens (including phenoxy) is 4. The fraction of sp³-hybridized carbons (Fsp3) is 0.917. The number of esters is 1. The van der Waals surface area contributed by atoms with Crippen LogP contribution in [-0.2, 0) is 23.7 Å². The molecule has 3 atom stereocenters. The molecule has 0 spiro atoms. The lowest BCUT2D eigenvalue weighted by atomic mass is 10.2. The van der Waals surface area contributed by atoms with Crippen LogP contribution in [-0.4, -0.2) is 44.3 Å². The van der Waals surface area contributed by atoms with Crippen molar-refractivity contribution in [1.82, 2.24) is 0 Å². The molecule has 2 saturated heterocycles. The number of hydrogen-bond acceptors (Lipinski definition) is 5. The van der Waals surface area contributed by atoms with Crippen molar-refractivity contribution in [3.05, 3.63) is 0 Å². The van der Waals surface area contributed by atoms with Crippen LogP contribution >= 0.6 is 0 Å². The van der Waals surface area contributed by atoms with Crippen LogP contribution in [0, 0.1) is 0 Å². The van der Waals surface area contributed by atoms with Gasteiger partial charge in [-0.2, -0.15) is 0 Å². The molecule has 0 aromatic heterocycles. The van der Waals surface area contributed by atoms with Crippen LogP contribution in [0.5, 0.6) is 0 Å². The highest BCUT2D eigenvalue weighted by molar-refractivity contribution is 5.75. The summed E-state index contributed by atoms with van der Waals surface area (Å²) in [6.45, 7) is 3.38. The summed E-state index contributed by atoms with van der Waals surface area (Å²) in [7, 11) is 0. The van der Waals surface area contributed by atoms with Gasteiger partial charge in [0.05, 0.1) is 19.3 Å². The largest absolute Gasteiger partial charge is 0.464 e. The van der Waals surface area contributed by atoms with Gasteiger partial charge in [0.2, 0.25) is 0 Å². The number of carbonyl (C=O) groups excluding carboxylic acids is 1. The van der Waals surface area contributed by atoms with E-state index in [4.69, 9.17) is 18.9 Å². The zero-order chi connectivity index (χ0) is 12.1. The van der Waals surface area contributed by atoms with E-state index >= 15 is 0 Å². The molecule has 5 heteroatoms. The Morgan fingerprint density at radius 2 is 2.24 bits per heavy atom. The summed E-state index contributed by atoms with van der Waals surface area (Å²) in [4.78, 5) is 11.4. The maximum absolute atomic E-state index is 11.4. The third-order valence-electron chi connectivity index (χ3n) is 2.99. The summed E-state index contributed by atoms with van der Waals surface area (Å²) < 4.78 is 21.5. The summed E-state index contributed by atoms with van der Waals surface area (Å²) in [5.41, 5.74) is 0. The van der Waals surface area contributed by atoms with Crippen molar-refractivity contribution in [2.45, 2.75) is 51.1 Å². The van der Waals surface area contributed by atoms with Crippen LogP contribution in [0.1, 0.15) is 32.6 Å². The van der Waals surface area contributed by atoms with Crippen molar-refractivity contribution >= 4 is 5.97 Å². The molecule has 0 bridgehead atoms. The van der Waals surface area contributed by atoms with Crippen molar-refractivity contribution < 1.29 is 23.7 Å². The molecule has 0 radical (unpaired) electrons. The average molecular weight is 244 g/mol. The van der Waals surface area contributed by atoms with Crippen molar-refractivity contribution in [1.29, 1.82) is 0 Å². The smallest absolute Gasteiger partial charge is 0.335 e. The van der Waals surface area contributed by atoms with Gasteiger partial charge in [-0.05, 0) is 26.2 Å². The van der Waals surface area contributed by atoms with Crippen LogP contribution < -0.4 is 0 Å². The number of rotatable bonds is 4. The van der Waals surface area contributed by atoms with Gasteiger partial charge in [-0.15, -0.1) is 0 Å². The van der Waals surface area contributed by atoms with Crippen LogP contribution in [0.2, 0.25) is 0 Å². The van der Waals surface area contributed by atoms with Crippen molar-refractivity contribution in [2.24, 2.45) is 0 Å². The van der Waals surface area contributed by atoms with E-state index in [9.17, 15) is 4.79 Å². The molecule has 2 aliphatic rings. The first kappa shape index (κ1) is 12.8. The molecule has 0 amide bonds. The predicted octanol–water partition coefficient (Wildman–Crippen LogP) is 1.25. The summed E-state index contributed by atoms with van der Waals surface area (Å²) in [5, 5.41) is 0. The minimum Gasteiger partial charge on any atom is -0.464 e. The molecule has 2 heterocycles. The van der Waals surface area contributed by atoms with Crippen molar-refractivity contribution in [2.75, 3.05) is 19.8 Å². The molecule has 2 fully saturated rings. The quantitative estimate of drug-likeness (QED) is 0.697. The lowest BCUT2D eigenvalue weighted by molar-refractivity contribution is -0.187. The first-order chi connectivity index (χ1) is 8.29. The standard InChI is InChI=1S/C12H20O5/c1-2-14-12(13)10-7-9(8-16-10)17-11-5-3-4-6-15-11/h9-11H,2-8H2,1H3. The molecule has 0 N–H and O–H groups in total. The molecular formula is C12H20O5. The Morgan fingerprint density at radius 1 is 1.35 bits per heavy atom. The van der Waals surface area contributed by atoms with Gasteiger partial charge >= 0.3 is 5.97 Å². The van der Waals surface area contributed by atoms with Gasteiger partial charge in [0, 0.05) is 13.0 Å². The van der Waals surface area contributed by atoms with Gasteiger partial charge in [-0.25, -0.2) is 4.79 Å². The van der Waals surface area contributed by atoms with Gasteiger partial charge in [0.1, 0.15) is 0 Å². The molecule has 0 saturated carbocycles. The Labute approximate surface area is 101 Å². The van der Waals surface area contributed by atoms with Gasteiger partial charge < -0.3 is 18.9 Å². The highest BCUT2D eigenvalue weighted by atomic mass is 16.7. The van der Waals surface area contributed by atoms with Crippen molar-refractivity contribution in [3.8, 4) is 0 Å². The minimum absolute atomic E-state index is 0.0486. The molecule has 3 unspecified atom stereocenters. The number of hydrogen-bond donors (Lipinski definition) is 0. The monoisotopic (exact) mass is 244 g/mol. The van der Waals surface area contributed by atoms with Crippen LogP contribution in [0.25, 0.3) is 0 Å². The second-order valence-corrected chi connectivity index (χ2v) is 4.36. The zero-order valence-electron chi connectivity index (χ0n) is 10.2. The highest BCUT2D eigenvalue weighted by Crippen LogP contribution is 2.22. The average Bonchev–Trinajstić information content (AvgIpc) is 2.79. The summed E-state index contributed by atoms with van der Waals surface area (Å²) in [6, 6.07) is 0. The van der Waals surface area contributed by atoms with Gasteiger partial charge in [-0.3, -0.25) is 0 Å². The van der Waals surface area contributed by atoms with E-state index in [1.807, 2.05) is 0 Å². The molecule has 5 nitrogen and oxygen atoms in total. The Bertz CT molecular complexity index is 249. The van der Waals surface area contributed by atoms with E-state index in [-0.39, 0.29) is 18.4 Å². The summed E-state index contributed by atoms with van der Waals surface area (Å²) >= 11 is 0. The molecule has 0 aliphatic carbocycles. The van der Waals surface area contributed by atoms with Crippen LogP contribution in [0.3, 0.4) is 0 Å². The Hall–Kier alpha value is -0.650. The summed E-state index contributed by atoms with van der Waals surface area (Å²) in [6.07, 6.45) is 3.10. The Balaban J connectivity index is 1.71. The first-order valence-corrected chi connectivity index (χ1v) is 6.35. The molecule has 17 heavy (non-hydrogen) atoms. The predicted molar refractivity (Wildman–Crippen MR) is 59.5 cm³/mol. The zero-order valence-corrected chi connectivity index (χ0v) is 10.2. The normalized spacial score (nSPS) is 33.6. The second kappa shape index (κ2) is 6.33.